The van der Waals surface area contributed by atoms with E-state index in [1.54, 1.807) is 26.0 Å². The molecule has 0 aliphatic carbocycles. The van der Waals surface area contributed by atoms with Crippen LogP contribution in [0.3, 0.4) is 0 Å². The van der Waals surface area contributed by atoms with Crippen molar-refractivity contribution < 1.29 is 49.8 Å². The van der Waals surface area contributed by atoms with Crippen molar-refractivity contribution in [2.45, 2.75) is 26.6 Å². The molecular formula is C31H23F6N5O7. The van der Waals surface area contributed by atoms with Crippen molar-refractivity contribution in [3.63, 3.8) is 0 Å². The number of halogens is 6. The fraction of sp³-hybridized carbons (Fsp3) is 0.161. The Morgan fingerprint density at radius 2 is 1.22 bits per heavy atom. The van der Waals surface area contributed by atoms with Gasteiger partial charge in [0, 0.05) is 22.5 Å². The molecule has 0 aliphatic rings. The van der Waals surface area contributed by atoms with Crippen LogP contribution in [0.25, 0.3) is 22.9 Å². The van der Waals surface area contributed by atoms with Crippen LogP contribution in [0.2, 0.25) is 0 Å². The standard InChI is InChI=1S/C16H13F3N2O4.C15H10F3N3O3/c1-9-2-7-12(15(24)21-9)14(23)20-8-13(22)10-3-5-11(6-4-10)25-16(17,18)19;1-8-2-7-11(12(22)19-8)14-21-20-13(23-14)9-3-5-10(6-4-9)24-15(16,17)18/h2-7H,8H2,1H3,(H,20,23)(H,21,24);2-7H,1H3,(H,19,22). The molecule has 49 heavy (non-hydrogen) atoms. The summed E-state index contributed by atoms with van der Waals surface area (Å²) in [7, 11) is 0. The Hall–Kier alpha value is -6.20. The van der Waals surface area contributed by atoms with Crippen LogP contribution in [0, 0.1) is 13.8 Å². The van der Waals surface area contributed by atoms with E-state index in [1.807, 2.05) is 0 Å². The first-order valence-corrected chi connectivity index (χ1v) is 13.7. The Labute approximate surface area is 270 Å². The topological polar surface area (TPSA) is 169 Å². The molecule has 3 heterocycles. The van der Waals surface area contributed by atoms with Crippen LogP contribution in [0.15, 0.2) is 86.8 Å². The van der Waals surface area contributed by atoms with Gasteiger partial charge in [-0.1, -0.05) is 0 Å². The van der Waals surface area contributed by atoms with Gasteiger partial charge >= 0.3 is 12.7 Å². The lowest BCUT2D eigenvalue weighted by molar-refractivity contribution is -0.275. The number of Topliss-reactive ketones (excluding diaryl/α,β-unsaturated/α-hetero) is 1. The molecule has 0 saturated carbocycles. The molecule has 0 saturated heterocycles. The normalized spacial score (nSPS) is 11.3. The number of nitrogens with zero attached hydrogens (tertiary/aromatic N) is 2. The van der Waals surface area contributed by atoms with Crippen LogP contribution in [-0.4, -0.2) is 51.1 Å². The molecule has 3 N–H and O–H groups in total. The number of pyridine rings is 2. The maximum Gasteiger partial charge on any atom is 0.573 e. The molecule has 0 spiro atoms. The quantitative estimate of drug-likeness (QED) is 0.141. The number of H-pyrrole nitrogens is 2. The summed E-state index contributed by atoms with van der Waals surface area (Å²) in [6.07, 6.45) is -9.58. The Bertz CT molecular complexity index is 2050. The Morgan fingerprint density at radius 1 is 0.714 bits per heavy atom. The van der Waals surface area contributed by atoms with Crippen LogP contribution >= 0.6 is 0 Å². The van der Waals surface area contributed by atoms with Gasteiger partial charge in [0.25, 0.3) is 22.9 Å². The van der Waals surface area contributed by atoms with Gasteiger partial charge in [-0.15, -0.1) is 36.5 Å². The lowest BCUT2D eigenvalue weighted by atomic mass is 10.1. The zero-order valence-electron chi connectivity index (χ0n) is 25.2. The second-order valence-corrected chi connectivity index (χ2v) is 9.93. The maximum absolute atomic E-state index is 12.1. The molecule has 0 unspecified atom stereocenters. The van der Waals surface area contributed by atoms with E-state index in [2.05, 4.69) is 35.0 Å². The summed E-state index contributed by atoms with van der Waals surface area (Å²) in [6, 6.07) is 15.3. The zero-order chi connectivity index (χ0) is 35.9. The van der Waals surface area contributed by atoms with Crippen molar-refractivity contribution in [1.29, 1.82) is 0 Å². The zero-order valence-corrected chi connectivity index (χ0v) is 25.2. The molecule has 0 fully saturated rings. The number of ketones is 1. The van der Waals surface area contributed by atoms with Crippen LogP contribution in [-0.2, 0) is 0 Å². The molecule has 2 aromatic carbocycles. The summed E-state index contributed by atoms with van der Waals surface area (Å²) in [5.74, 6) is -1.99. The number of aromatic nitrogens is 4. The van der Waals surface area contributed by atoms with Gasteiger partial charge in [-0.2, -0.15) is 0 Å². The van der Waals surface area contributed by atoms with Gasteiger partial charge in [0.15, 0.2) is 5.78 Å². The number of hydrogen-bond donors (Lipinski definition) is 3. The number of benzene rings is 2. The summed E-state index contributed by atoms with van der Waals surface area (Å²) in [5.41, 5.74) is 0.850. The number of alkyl halides is 6. The number of aromatic amines is 2. The molecule has 0 radical (unpaired) electrons. The van der Waals surface area contributed by atoms with Crippen LogP contribution in [0.5, 0.6) is 11.5 Å². The third-order valence-corrected chi connectivity index (χ3v) is 6.16. The van der Waals surface area contributed by atoms with Crippen LogP contribution in [0.1, 0.15) is 32.1 Å². The van der Waals surface area contributed by atoms with E-state index < -0.39 is 42.3 Å². The predicted octanol–water partition coefficient (Wildman–Crippen LogP) is 5.49. The molecule has 0 atom stereocenters. The minimum absolute atomic E-state index is 0.0156. The largest absolute Gasteiger partial charge is 0.573 e. The summed E-state index contributed by atoms with van der Waals surface area (Å²) < 4.78 is 85.5. The number of rotatable bonds is 8. The van der Waals surface area contributed by atoms with Crippen molar-refractivity contribution in [1.82, 2.24) is 25.5 Å². The first kappa shape index (κ1) is 35.7. The molecular weight excluding hydrogens is 668 g/mol. The monoisotopic (exact) mass is 691 g/mol. The number of nitrogens with one attached hydrogen (secondary N) is 3. The van der Waals surface area contributed by atoms with E-state index in [4.69, 9.17) is 4.42 Å². The fourth-order valence-corrected chi connectivity index (χ4v) is 3.94. The van der Waals surface area contributed by atoms with Gasteiger partial charge in [-0.25, -0.2) is 0 Å². The lowest BCUT2D eigenvalue weighted by Crippen LogP contribution is -2.33. The molecule has 18 heteroatoms. The van der Waals surface area contributed by atoms with Gasteiger partial charge in [0.1, 0.15) is 22.6 Å². The smallest absolute Gasteiger partial charge is 0.416 e. The number of carbonyl (C=O) groups is 2. The summed E-state index contributed by atoms with van der Waals surface area (Å²) in [6.45, 7) is 2.97. The highest BCUT2D eigenvalue weighted by molar-refractivity contribution is 6.02. The first-order valence-electron chi connectivity index (χ1n) is 13.7. The molecule has 1 amide bonds. The molecule has 5 rings (SSSR count). The number of carbonyl (C=O) groups excluding carboxylic acids is 2. The Morgan fingerprint density at radius 3 is 1.76 bits per heavy atom. The highest BCUT2D eigenvalue weighted by Crippen LogP contribution is 2.27. The lowest BCUT2D eigenvalue weighted by Gasteiger charge is -2.09. The second-order valence-electron chi connectivity index (χ2n) is 9.93. The second kappa shape index (κ2) is 14.7. The van der Waals surface area contributed by atoms with E-state index in [-0.39, 0.29) is 39.8 Å². The van der Waals surface area contributed by atoms with Crippen molar-refractivity contribution in [2.24, 2.45) is 0 Å². The first-order chi connectivity index (χ1) is 23.0. The van der Waals surface area contributed by atoms with Crippen molar-refractivity contribution in [2.75, 3.05) is 6.54 Å². The molecule has 5 aromatic rings. The van der Waals surface area contributed by atoms with Gasteiger partial charge < -0.3 is 29.2 Å². The fourth-order valence-electron chi connectivity index (χ4n) is 3.94. The van der Waals surface area contributed by atoms with E-state index in [1.165, 1.54) is 24.3 Å². The third kappa shape index (κ3) is 10.4. The molecule has 12 nitrogen and oxygen atoms in total. The highest BCUT2D eigenvalue weighted by Gasteiger charge is 2.31. The molecule has 0 aliphatic heterocycles. The van der Waals surface area contributed by atoms with Crippen molar-refractivity contribution >= 4 is 11.7 Å². The summed E-state index contributed by atoms with van der Waals surface area (Å²) >= 11 is 0. The van der Waals surface area contributed by atoms with Crippen LogP contribution < -0.4 is 25.9 Å². The Kier molecular flexibility index (Phi) is 10.7. The Balaban J connectivity index is 0.000000221. The molecule has 256 valence electrons. The van der Waals surface area contributed by atoms with E-state index >= 15 is 0 Å². The SMILES string of the molecule is Cc1ccc(-c2nnc(-c3ccc(OC(F)(F)F)cc3)o2)c(=O)[nH]1.Cc1ccc(C(=O)NCC(=O)c2ccc(OC(F)(F)F)cc2)c(=O)[nH]1. The number of aryl methyl sites for hydroxylation is 2. The van der Waals surface area contributed by atoms with E-state index in [0.29, 0.717) is 17.0 Å². The van der Waals surface area contributed by atoms with Gasteiger partial charge in [0.2, 0.25) is 5.89 Å². The van der Waals surface area contributed by atoms with Gasteiger partial charge in [-0.3, -0.25) is 19.2 Å². The minimum atomic E-state index is -4.82. The average Bonchev–Trinajstić information content (AvgIpc) is 3.49. The van der Waals surface area contributed by atoms with Gasteiger partial charge in [0.05, 0.1) is 6.54 Å². The number of amides is 1. The molecule has 3 aromatic heterocycles. The van der Waals surface area contributed by atoms with E-state index in [0.717, 1.165) is 36.4 Å². The average molecular weight is 692 g/mol. The van der Waals surface area contributed by atoms with Crippen molar-refractivity contribution in [3.05, 3.63) is 116 Å². The number of hydrogen-bond acceptors (Lipinski definition) is 9. The number of ether oxygens (including phenoxy) is 2. The van der Waals surface area contributed by atoms with Crippen LogP contribution in [0.4, 0.5) is 26.3 Å². The highest BCUT2D eigenvalue weighted by atomic mass is 19.4. The third-order valence-electron chi connectivity index (χ3n) is 6.16. The van der Waals surface area contributed by atoms with Crippen molar-refractivity contribution in [3.8, 4) is 34.4 Å². The summed E-state index contributed by atoms with van der Waals surface area (Å²) in [5, 5.41) is 9.88. The predicted molar refractivity (Wildman–Crippen MR) is 159 cm³/mol. The molecule has 0 bridgehead atoms. The maximum atomic E-state index is 12.1. The summed E-state index contributed by atoms with van der Waals surface area (Å²) in [4.78, 5) is 52.4. The van der Waals surface area contributed by atoms with Gasteiger partial charge in [-0.05, 0) is 86.6 Å². The minimum Gasteiger partial charge on any atom is -0.416 e. The van der Waals surface area contributed by atoms with E-state index in [9.17, 15) is 45.5 Å².